The van der Waals surface area contributed by atoms with E-state index in [4.69, 9.17) is 0 Å². The van der Waals surface area contributed by atoms with Crippen molar-refractivity contribution in [2.45, 2.75) is 0 Å². The van der Waals surface area contributed by atoms with E-state index < -0.39 is 0 Å². The Labute approximate surface area is 111 Å². The second kappa shape index (κ2) is 5.70. The highest BCUT2D eigenvalue weighted by Crippen LogP contribution is 2.20. The van der Waals surface area contributed by atoms with Gasteiger partial charge in [-0.1, -0.05) is 6.07 Å². The van der Waals surface area contributed by atoms with Crippen LogP contribution >= 0.6 is 27.3 Å². The lowest BCUT2D eigenvalue weighted by atomic mass is 10.3. The van der Waals surface area contributed by atoms with Crippen molar-refractivity contribution in [3.63, 3.8) is 0 Å². The van der Waals surface area contributed by atoms with Crippen LogP contribution in [0.25, 0.3) is 0 Å². The van der Waals surface area contributed by atoms with Crippen molar-refractivity contribution in [2.75, 3.05) is 0 Å². The smallest absolute Gasteiger partial charge is 0.266 e. The summed E-state index contributed by atoms with van der Waals surface area (Å²) < 4.78 is 1.02. The van der Waals surface area contributed by atoms with E-state index in [1.54, 1.807) is 30.6 Å². The Morgan fingerprint density at radius 3 is 2.94 bits per heavy atom. The predicted octanol–water partition coefficient (Wildman–Crippen LogP) is 2.67. The Morgan fingerprint density at radius 2 is 2.29 bits per heavy atom. The Balaban J connectivity index is 1.95. The molecule has 1 amide bonds. The van der Waals surface area contributed by atoms with Crippen molar-refractivity contribution in [1.82, 2.24) is 10.4 Å². The van der Waals surface area contributed by atoms with Gasteiger partial charge in [-0.25, -0.2) is 5.43 Å². The summed E-state index contributed by atoms with van der Waals surface area (Å²) >= 11 is 4.88. The number of pyridine rings is 1. The van der Waals surface area contributed by atoms with E-state index in [-0.39, 0.29) is 5.91 Å². The monoisotopic (exact) mass is 309 g/mol. The van der Waals surface area contributed by atoms with Gasteiger partial charge in [-0.05, 0) is 40.2 Å². The zero-order valence-corrected chi connectivity index (χ0v) is 11.0. The lowest BCUT2D eigenvalue weighted by molar-refractivity contribution is 0.0950. The maximum Gasteiger partial charge on any atom is 0.289 e. The van der Waals surface area contributed by atoms with Crippen LogP contribution in [-0.2, 0) is 0 Å². The van der Waals surface area contributed by atoms with Gasteiger partial charge in [-0.2, -0.15) is 5.10 Å². The number of amides is 1. The zero-order chi connectivity index (χ0) is 12.1. The standard InChI is InChI=1S/C11H8BrN3OS/c12-10-5-4-8(17-10)7-14-15-11(16)9-3-1-2-6-13-9/h1-7H,(H,15,16). The molecule has 2 rings (SSSR count). The number of hydrogen-bond donors (Lipinski definition) is 1. The van der Waals surface area contributed by atoms with Gasteiger partial charge in [0.25, 0.3) is 5.91 Å². The van der Waals surface area contributed by atoms with Gasteiger partial charge in [0.2, 0.25) is 0 Å². The summed E-state index contributed by atoms with van der Waals surface area (Å²) in [4.78, 5) is 16.4. The molecule has 0 atom stereocenters. The minimum Gasteiger partial charge on any atom is -0.266 e. The molecule has 6 heteroatoms. The second-order valence-electron chi connectivity index (χ2n) is 3.06. The van der Waals surface area contributed by atoms with E-state index in [0.29, 0.717) is 5.69 Å². The number of nitrogens with zero attached hydrogens (tertiary/aromatic N) is 2. The lowest BCUT2D eigenvalue weighted by Crippen LogP contribution is -2.18. The predicted molar refractivity (Wildman–Crippen MR) is 71.3 cm³/mol. The van der Waals surface area contributed by atoms with Crippen molar-refractivity contribution < 1.29 is 4.79 Å². The fourth-order valence-corrected chi connectivity index (χ4v) is 2.40. The molecule has 0 bridgehead atoms. The Bertz CT molecular complexity index is 539. The number of aromatic nitrogens is 1. The molecule has 2 heterocycles. The van der Waals surface area contributed by atoms with Crippen molar-refractivity contribution >= 4 is 39.4 Å². The van der Waals surface area contributed by atoms with Gasteiger partial charge in [-0.3, -0.25) is 9.78 Å². The summed E-state index contributed by atoms with van der Waals surface area (Å²) in [6.07, 6.45) is 3.16. The van der Waals surface area contributed by atoms with Crippen LogP contribution in [0.15, 0.2) is 45.4 Å². The molecule has 4 nitrogen and oxygen atoms in total. The van der Waals surface area contributed by atoms with Crippen molar-refractivity contribution in [1.29, 1.82) is 0 Å². The molecule has 1 N–H and O–H groups in total. The molecule has 86 valence electrons. The number of rotatable bonds is 3. The number of nitrogens with one attached hydrogen (secondary N) is 1. The first-order valence-electron chi connectivity index (χ1n) is 4.75. The van der Waals surface area contributed by atoms with Crippen LogP contribution in [0.3, 0.4) is 0 Å². The third-order valence-electron chi connectivity index (χ3n) is 1.85. The molecular weight excluding hydrogens is 302 g/mol. The Hall–Kier alpha value is -1.53. The third-order valence-corrected chi connectivity index (χ3v) is 3.41. The van der Waals surface area contributed by atoms with Crippen LogP contribution < -0.4 is 5.43 Å². The van der Waals surface area contributed by atoms with Crippen LogP contribution in [0.2, 0.25) is 0 Å². The molecule has 0 saturated carbocycles. The van der Waals surface area contributed by atoms with E-state index in [9.17, 15) is 4.79 Å². The quantitative estimate of drug-likeness (QED) is 0.700. The van der Waals surface area contributed by atoms with E-state index in [1.165, 1.54) is 11.3 Å². The molecular formula is C11H8BrN3OS. The molecule has 0 aromatic carbocycles. The number of hydrogen-bond acceptors (Lipinski definition) is 4. The summed E-state index contributed by atoms with van der Waals surface area (Å²) in [7, 11) is 0. The SMILES string of the molecule is O=C(NN=Cc1ccc(Br)s1)c1ccccn1. The molecule has 0 aliphatic carbocycles. The van der Waals surface area contributed by atoms with E-state index in [0.717, 1.165) is 8.66 Å². The largest absolute Gasteiger partial charge is 0.289 e. The summed E-state index contributed by atoms with van der Waals surface area (Å²) in [6, 6.07) is 8.97. The molecule has 2 aromatic rings. The Morgan fingerprint density at radius 1 is 1.41 bits per heavy atom. The van der Waals surface area contributed by atoms with Gasteiger partial charge in [0.15, 0.2) is 0 Å². The molecule has 0 fully saturated rings. The molecule has 0 unspecified atom stereocenters. The maximum atomic E-state index is 11.5. The lowest BCUT2D eigenvalue weighted by Gasteiger charge is -1.96. The van der Waals surface area contributed by atoms with Crippen molar-refractivity contribution in [3.05, 3.63) is 50.9 Å². The van der Waals surface area contributed by atoms with Gasteiger partial charge < -0.3 is 0 Å². The Kier molecular flexibility index (Phi) is 4.00. The first-order chi connectivity index (χ1) is 8.25. The summed E-state index contributed by atoms with van der Waals surface area (Å²) in [5, 5.41) is 3.86. The highest BCUT2D eigenvalue weighted by molar-refractivity contribution is 9.11. The number of halogens is 1. The van der Waals surface area contributed by atoms with Crippen molar-refractivity contribution in [2.24, 2.45) is 5.10 Å². The number of carbonyl (C=O) groups excluding carboxylic acids is 1. The van der Waals surface area contributed by atoms with Crippen LogP contribution in [0.4, 0.5) is 0 Å². The number of thiophene rings is 1. The summed E-state index contributed by atoms with van der Waals surface area (Å²) in [5.41, 5.74) is 2.76. The van der Waals surface area contributed by atoms with Crippen molar-refractivity contribution in [3.8, 4) is 0 Å². The minimum absolute atomic E-state index is 0.322. The fraction of sp³-hybridized carbons (Fsp3) is 0. The number of carbonyl (C=O) groups is 1. The molecule has 0 radical (unpaired) electrons. The van der Waals surface area contributed by atoms with Gasteiger partial charge >= 0.3 is 0 Å². The first kappa shape index (κ1) is 11.9. The average molecular weight is 310 g/mol. The van der Waals surface area contributed by atoms with Crippen LogP contribution in [0.1, 0.15) is 15.4 Å². The molecule has 0 aliphatic heterocycles. The highest BCUT2D eigenvalue weighted by atomic mass is 79.9. The normalized spacial score (nSPS) is 10.6. The second-order valence-corrected chi connectivity index (χ2v) is 5.55. The maximum absolute atomic E-state index is 11.5. The molecule has 17 heavy (non-hydrogen) atoms. The van der Waals surface area contributed by atoms with Crippen LogP contribution in [0.5, 0.6) is 0 Å². The van der Waals surface area contributed by atoms with Gasteiger partial charge in [0, 0.05) is 11.1 Å². The molecule has 0 saturated heterocycles. The topological polar surface area (TPSA) is 54.4 Å². The van der Waals surface area contributed by atoms with Gasteiger partial charge in [0.1, 0.15) is 5.69 Å². The van der Waals surface area contributed by atoms with Crippen LogP contribution in [-0.4, -0.2) is 17.1 Å². The average Bonchev–Trinajstić information content (AvgIpc) is 2.76. The summed E-state index contributed by atoms with van der Waals surface area (Å²) in [6.45, 7) is 0. The van der Waals surface area contributed by atoms with E-state index in [2.05, 4.69) is 31.4 Å². The van der Waals surface area contributed by atoms with E-state index >= 15 is 0 Å². The van der Waals surface area contributed by atoms with Crippen LogP contribution in [0, 0.1) is 0 Å². The first-order valence-corrected chi connectivity index (χ1v) is 6.36. The summed E-state index contributed by atoms with van der Waals surface area (Å²) in [5.74, 6) is -0.322. The fourth-order valence-electron chi connectivity index (χ4n) is 1.11. The van der Waals surface area contributed by atoms with Gasteiger partial charge in [0.05, 0.1) is 10.0 Å². The third kappa shape index (κ3) is 3.47. The molecule has 0 spiro atoms. The highest BCUT2D eigenvalue weighted by Gasteiger charge is 2.03. The van der Waals surface area contributed by atoms with Gasteiger partial charge in [-0.15, -0.1) is 11.3 Å². The zero-order valence-electron chi connectivity index (χ0n) is 8.63. The minimum atomic E-state index is -0.322. The van der Waals surface area contributed by atoms with E-state index in [1.807, 2.05) is 12.1 Å². The molecule has 0 aliphatic rings. The molecule has 2 aromatic heterocycles. The number of hydrazone groups is 1.